The Balaban J connectivity index is 0.00000900. The zero-order valence-corrected chi connectivity index (χ0v) is 22.0. The molecule has 0 aliphatic heterocycles. The SMILES string of the molecule is CCNC(=NCc1ccc(C)cc1OCCOC)NCCCNC(=O)OC(C)(C)C.I. The summed E-state index contributed by atoms with van der Waals surface area (Å²) in [7, 11) is 1.65. The average Bonchev–Trinajstić information content (AvgIpc) is 2.65. The van der Waals surface area contributed by atoms with Crippen LogP contribution in [0.4, 0.5) is 4.79 Å². The van der Waals surface area contributed by atoms with Crippen molar-refractivity contribution in [2.45, 2.75) is 53.2 Å². The lowest BCUT2D eigenvalue weighted by Gasteiger charge is -2.19. The van der Waals surface area contributed by atoms with Gasteiger partial charge in [0.15, 0.2) is 5.96 Å². The molecule has 0 unspecified atom stereocenters. The lowest BCUT2D eigenvalue weighted by Crippen LogP contribution is -2.39. The van der Waals surface area contributed by atoms with Gasteiger partial charge < -0.3 is 30.2 Å². The summed E-state index contributed by atoms with van der Waals surface area (Å²) in [5.74, 6) is 1.55. The molecule has 0 heterocycles. The number of carbonyl (C=O) groups excluding carboxylic acids is 1. The van der Waals surface area contributed by atoms with Crippen LogP contribution >= 0.6 is 24.0 Å². The van der Waals surface area contributed by atoms with Crippen LogP contribution in [0.25, 0.3) is 0 Å². The molecule has 0 spiro atoms. The van der Waals surface area contributed by atoms with Crippen LogP contribution in [-0.2, 0) is 16.0 Å². The molecule has 0 saturated heterocycles. The number of alkyl carbamates (subject to hydrolysis) is 1. The number of amides is 1. The summed E-state index contributed by atoms with van der Waals surface area (Å²) in [5, 5.41) is 9.27. The van der Waals surface area contributed by atoms with E-state index in [0.717, 1.165) is 35.8 Å². The highest BCUT2D eigenvalue weighted by Crippen LogP contribution is 2.21. The van der Waals surface area contributed by atoms with Gasteiger partial charge in [0.25, 0.3) is 0 Å². The molecule has 8 nitrogen and oxygen atoms in total. The van der Waals surface area contributed by atoms with E-state index in [2.05, 4.69) is 27.0 Å². The molecule has 0 aromatic heterocycles. The molecule has 0 atom stereocenters. The molecule has 3 N–H and O–H groups in total. The van der Waals surface area contributed by atoms with E-state index < -0.39 is 11.7 Å². The van der Waals surface area contributed by atoms with Crippen molar-refractivity contribution in [3.05, 3.63) is 29.3 Å². The standard InChI is InChI=1S/C22H38N4O4.HI/c1-7-23-20(24-11-8-12-25-21(27)30-22(3,4)5)26-16-18-10-9-17(2)15-19(18)29-14-13-28-6;/h9-10,15H,7-8,11-14,16H2,1-6H3,(H,25,27)(H2,23,24,26);1H. The molecule has 1 aromatic rings. The van der Waals surface area contributed by atoms with Crippen molar-refractivity contribution in [1.82, 2.24) is 16.0 Å². The number of nitrogens with one attached hydrogen (secondary N) is 3. The van der Waals surface area contributed by atoms with Crippen LogP contribution in [0.3, 0.4) is 0 Å². The molecule has 0 fully saturated rings. The number of rotatable bonds is 11. The minimum absolute atomic E-state index is 0. The number of methoxy groups -OCH3 is 1. The molecule has 1 amide bonds. The molecule has 178 valence electrons. The van der Waals surface area contributed by atoms with E-state index in [-0.39, 0.29) is 24.0 Å². The fourth-order valence-electron chi connectivity index (χ4n) is 2.47. The smallest absolute Gasteiger partial charge is 0.407 e. The minimum Gasteiger partial charge on any atom is -0.491 e. The molecular formula is C22H39IN4O4. The van der Waals surface area contributed by atoms with Crippen LogP contribution in [0.1, 0.15) is 45.2 Å². The molecule has 0 saturated carbocycles. The Labute approximate surface area is 203 Å². The Morgan fingerprint density at radius 3 is 2.45 bits per heavy atom. The average molecular weight is 550 g/mol. The second kappa shape index (κ2) is 16.0. The number of aliphatic imine (C=N–C) groups is 1. The fraction of sp³-hybridized carbons (Fsp3) is 0.636. The maximum absolute atomic E-state index is 11.7. The Morgan fingerprint density at radius 1 is 1.10 bits per heavy atom. The number of hydrogen-bond acceptors (Lipinski definition) is 5. The molecule has 1 aromatic carbocycles. The van der Waals surface area contributed by atoms with E-state index in [4.69, 9.17) is 14.2 Å². The van der Waals surface area contributed by atoms with Gasteiger partial charge in [-0.2, -0.15) is 0 Å². The third-order valence-corrected chi connectivity index (χ3v) is 3.83. The Kier molecular flexibility index (Phi) is 15.1. The molecule has 0 radical (unpaired) electrons. The Hall–Kier alpha value is -1.75. The summed E-state index contributed by atoms with van der Waals surface area (Å²) < 4.78 is 16.1. The van der Waals surface area contributed by atoms with Crippen molar-refractivity contribution in [3.63, 3.8) is 0 Å². The van der Waals surface area contributed by atoms with E-state index in [1.165, 1.54) is 0 Å². The normalized spacial score (nSPS) is 11.4. The van der Waals surface area contributed by atoms with E-state index >= 15 is 0 Å². The number of hydrogen-bond donors (Lipinski definition) is 3. The Bertz CT molecular complexity index is 678. The van der Waals surface area contributed by atoms with Gasteiger partial charge in [0.2, 0.25) is 0 Å². The van der Waals surface area contributed by atoms with Gasteiger partial charge in [0.1, 0.15) is 18.0 Å². The first-order chi connectivity index (χ1) is 14.2. The van der Waals surface area contributed by atoms with E-state index in [1.807, 2.05) is 46.8 Å². The predicted molar refractivity (Wildman–Crippen MR) is 136 cm³/mol. The molecule has 9 heteroatoms. The molecular weight excluding hydrogens is 511 g/mol. The quantitative estimate of drug-likeness (QED) is 0.169. The van der Waals surface area contributed by atoms with Gasteiger partial charge in [0, 0.05) is 32.3 Å². The predicted octanol–water partition coefficient (Wildman–Crippen LogP) is 3.61. The summed E-state index contributed by atoms with van der Waals surface area (Å²) >= 11 is 0. The van der Waals surface area contributed by atoms with Crippen molar-refractivity contribution >= 4 is 36.0 Å². The Morgan fingerprint density at radius 2 is 1.81 bits per heavy atom. The van der Waals surface area contributed by atoms with Crippen molar-refractivity contribution in [2.75, 3.05) is 40.0 Å². The maximum atomic E-state index is 11.7. The number of carbonyl (C=O) groups is 1. The van der Waals surface area contributed by atoms with Gasteiger partial charge in [-0.3, -0.25) is 0 Å². The van der Waals surface area contributed by atoms with Crippen molar-refractivity contribution in [2.24, 2.45) is 4.99 Å². The lowest BCUT2D eigenvalue weighted by molar-refractivity contribution is 0.0527. The highest BCUT2D eigenvalue weighted by atomic mass is 127. The molecule has 0 aliphatic carbocycles. The van der Waals surface area contributed by atoms with E-state index in [0.29, 0.717) is 32.8 Å². The zero-order valence-electron chi connectivity index (χ0n) is 19.7. The minimum atomic E-state index is -0.491. The van der Waals surface area contributed by atoms with Crippen LogP contribution in [0.5, 0.6) is 5.75 Å². The number of halogens is 1. The highest BCUT2D eigenvalue weighted by molar-refractivity contribution is 14.0. The van der Waals surface area contributed by atoms with Gasteiger partial charge in [-0.1, -0.05) is 12.1 Å². The lowest BCUT2D eigenvalue weighted by atomic mass is 10.1. The maximum Gasteiger partial charge on any atom is 0.407 e. The molecule has 0 aliphatic rings. The zero-order chi connectivity index (χ0) is 22.4. The topological polar surface area (TPSA) is 93.2 Å². The van der Waals surface area contributed by atoms with E-state index in [9.17, 15) is 4.79 Å². The van der Waals surface area contributed by atoms with Crippen molar-refractivity contribution in [3.8, 4) is 5.75 Å². The largest absolute Gasteiger partial charge is 0.491 e. The second-order valence-electron chi connectivity index (χ2n) is 7.86. The number of ether oxygens (including phenoxy) is 3. The third-order valence-electron chi connectivity index (χ3n) is 3.83. The number of aryl methyl sites for hydroxylation is 1. The summed E-state index contributed by atoms with van der Waals surface area (Å²) in [4.78, 5) is 16.3. The van der Waals surface area contributed by atoms with Gasteiger partial charge in [-0.05, 0) is 52.7 Å². The highest BCUT2D eigenvalue weighted by Gasteiger charge is 2.15. The summed E-state index contributed by atoms with van der Waals surface area (Å²) in [6.45, 7) is 13.1. The fourth-order valence-corrected chi connectivity index (χ4v) is 2.47. The van der Waals surface area contributed by atoms with Gasteiger partial charge in [-0.25, -0.2) is 9.79 Å². The van der Waals surface area contributed by atoms with Crippen LogP contribution in [0, 0.1) is 6.92 Å². The number of benzene rings is 1. The number of nitrogens with zero attached hydrogens (tertiary/aromatic N) is 1. The summed E-state index contributed by atoms with van der Waals surface area (Å²) in [6, 6.07) is 6.11. The van der Waals surface area contributed by atoms with Gasteiger partial charge in [-0.15, -0.1) is 24.0 Å². The summed E-state index contributed by atoms with van der Waals surface area (Å²) in [5.41, 5.74) is 1.66. The van der Waals surface area contributed by atoms with Crippen molar-refractivity contribution in [1.29, 1.82) is 0 Å². The summed E-state index contributed by atoms with van der Waals surface area (Å²) in [6.07, 6.45) is 0.350. The number of guanidine groups is 1. The second-order valence-corrected chi connectivity index (χ2v) is 7.86. The van der Waals surface area contributed by atoms with E-state index in [1.54, 1.807) is 7.11 Å². The molecule has 31 heavy (non-hydrogen) atoms. The van der Waals surface area contributed by atoms with Crippen molar-refractivity contribution < 1.29 is 19.0 Å². The van der Waals surface area contributed by atoms with Crippen LogP contribution < -0.4 is 20.7 Å². The monoisotopic (exact) mass is 550 g/mol. The van der Waals surface area contributed by atoms with Gasteiger partial charge >= 0.3 is 6.09 Å². The third kappa shape index (κ3) is 14.0. The molecule has 1 rings (SSSR count). The first-order valence-corrected chi connectivity index (χ1v) is 10.5. The first-order valence-electron chi connectivity index (χ1n) is 10.5. The first kappa shape index (κ1) is 29.2. The van der Waals surface area contributed by atoms with Gasteiger partial charge in [0.05, 0.1) is 13.2 Å². The van der Waals surface area contributed by atoms with Crippen LogP contribution in [0.15, 0.2) is 23.2 Å². The molecule has 0 bridgehead atoms. The van der Waals surface area contributed by atoms with Crippen LogP contribution in [-0.4, -0.2) is 57.6 Å². The van der Waals surface area contributed by atoms with Crippen LogP contribution in [0.2, 0.25) is 0 Å².